The van der Waals surface area contributed by atoms with Gasteiger partial charge in [0.25, 0.3) is 0 Å². The van der Waals surface area contributed by atoms with Gasteiger partial charge in [0.15, 0.2) is 9.84 Å². The van der Waals surface area contributed by atoms with Gasteiger partial charge in [-0.2, -0.15) is 0 Å². The van der Waals surface area contributed by atoms with Crippen LogP contribution in [-0.2, 0) is 21.2 Å². The zero-order valence-electron chi connectivity index (χ0n) is 14.0. The van der Waals surface area contributed by atoms with Crippen molar-refractivity contribution in [2.75, 3.05) is 18.1 Å². The second-order valence-electron chi connectivity index (χ2n) is 7.57. The van der Waals surface area contributed by atoms with E-state index in [0.717, 1.165) is 19.4 Å². The summed E-state index contributed by atoms with van der Waals surface area (Å²) in [6.07, 6.45) is 2.06. The van der Waals surface area contributed by atoms with Crippen LogP contribution >= 0.6 is 0 Å². The van der Waals surface area contributed by atoms with Gasteiger partial charge in [-0.05, 0) is 30.9 Å². The molecule has 1 saturated heterocycles. The van der Waals surface area contributed by atoms with E-state index in [1.807, 2.05) is 18.2 Å². The highest BCUT2D eigenvalue weighted by Crippen LogP contribution is 2.43. The van der Waals surface area contributed by atoms with Crippen molar-refractivity contribution in [3.63, 3.8) is 0 Å². The van der Waals surface area contributed by atoms with Gasteiger partial charge in [-0.3, -0.25) is 0 Å². The zero-order chi connectivity index (χ0) is 16.5. The van der Waals surface area contributed by atoms with Crippen LogP contribution in [0.1, 0.15) is 32.3 Å². The molecule has 1 heterocycles. The van der Waals surface area contributed by atoms with E-state index in [0.29, 0.717) is 24.2 Å². The van der Waals surface area contributed by atoms with E-state index in [2.05, 4.69) is 31.3 Å². The second-order valence-corrected chi connectivity index (χ2v) is 9.80. The third-order valence-corrected chi connectivity index (χ3v) is 7.29. The molecule has 3 atom stereocenters. The second kappa shape index (κ2) is 6.54. The smallest absolute Gasteiger partial charge is 0.150 e. The van der Waals surface area contributed by atoms with Crippen LogP contribution in [0.4, 0.5) is 0 Å². The number of rotatable bonds is 6. The summed E-state index contributed by atoms with van der Waals surface area (Å²) in [5, 5.41) is 3.57. The lowest BCUT2D eigenvalue weighted by Gasteiger charge is -2.52. The SMILES string of the molecule is CC1(C)[C@@H](OCc2ccccc2)C[C@H]1NC[C@H]1CCS(=O)(=O)C1. The van der Waals surface area contributed by atoms with E-state index < -0.39 is 9.84 Å². The molecule has 128 valence electrons. The van der Waals surface area contributed by atoms with E-state index in [1.54, 1.807) is 0 Å². The van der Waals surface area contributed by atoms with Crippen LogP contribution in [0.15, 0.2) is 30.3 Å². The molecule has 5 heteroatoms. The molecule has 1 N–H and O–H groups in total. The number of hydrogen-bond donors (Lipinski definition) is 1. The molecular weight excluding hydrogens is 310 g/mol. The van der Waals surface area contributed by atoms with Gasteiger partial charge in [-0.1, -0.05) is 44.2 Å². The summed E-state index contributed by atoms with van der Waals surface area (Å²) >= 11 is 0. The largest absolute Gasteiger partial charge is 0.373 e. The summed E-state index contributed by atoms with van der Waals surface area (Å²) in [6, 6.07) is 10.7. The third-order valence-electron chi connectivity index (χ3n) is 5.45. The van der Waals surface area contributed by atoms with Gasteiger partial charge in [0.2, 0.25) is 0 Å². The molecule has 0 unspecified atom stereocenters. The molecule has 23 heavy (non-hydrogen) atoms. The summed E-state index contributed by atoms with van der Waals surface area (Å²) in [7, 11) is -2.78. The van der Waals surface area contributed by atoms with Gasteiger partial charge in [-0.15, -0.1) is 0 Å². The van der Waals surface area contributed by atoms with E-state index in [1.165, 1.54) is 5.56 Å². The topological polar surface area (TPSA) is 55.4 Å². The van der Waals surface area contributed by atoms with Gasteiger partial charge in [0.1, 0.15) is 0 Å². The summed E-state index contributed by atoms with van der Waals surface area (Å²) in [4.78, 5) is 0. The number of benzene rings is 1. The van der Waals surface area contributed by atoms with Gasteiger partial charge < -0.3 is 10.1 Å². The fraction of sp³-hybridized carbons (Fsp3) is 0.667. The number of hydrogen-bond acceptors (Lipinski definition) is 4. The van der Waals surface area contributed by atoms with Crippen molar-refractivity contribution in [1.29, 1.82) is 0 Å². The van der Waals surface area contributed by atoms with Crippen LogP contribution in [0.25, 0.3) is 0 Å². The first-order valence-electron chi connectivity index (χ1n) is 8.46. The van der Waals surface area contributed by atoms with Crippen molar-refractivity contribution >= 4 is 9.84 Å². The highest BCUT2D eigenvalue weighted by atomic mass is 32.2. The monoisotopic (exact) mass is 337 g/mol. The highest BCUT2D eigenvalue weighted by molar-refractivity contribution is 7.91. The van der Waals surface area contributed by atoms with Crippen LogP contribution in [0.2, 0.25) is 0 Å². The van der Waals surface area contributed by atoms with Crippen molar-refractivity contribution < 1.29 is 13.2 Å². The van der Waals surface area contributed by atoms with E-state index >= 15 is 0 Å². The molecule has 1 saturated carbocycles. The van der Waals surface area contributed by atoms with Crippen LogP contribution in [0.5, 0.6) is 0 Å². The standard InChI is InChI=1S/C18H27NO3S/c1-18(2)16(19-11-15-8-9-23(20,21)13-15)10-17(18)22-12-14-6-4-3-5-7-14/h3-7,15-17,19H,8-13H2,1-2H3/t15-,16-,17+/m1/s1. The van der Waals surface area contributed by atoms with Gasteiger partial charge in [0, 0.05) is 11.5 Å². The maximum absolute atomic E-state index is 11.5. The Labute approximate surface area is 139 Å². The van der Waals surface area contributed by atoms with Crippen LogP contribution in [0, 0.1) is 11.3 Å². The minimum atomic E-state index is -2.78. The molecule has 1 aromatic rings. The number of sulfone groups is 1. The molecule has 0 aromatic heterocycles. The Hall–Kier alpha value is -0.910. The minimum absolute atomic E-state index is 0.0895. The summed E-state index contributed by atoms with van der Waals surface area (Å²) < 4.78 is 29.1. The number of nitrogens with one attached hydrogen (secondary N) is 1. The average molecular weight is 337 g/mol. The number of ether oxygens (including phenoxy) is 1. The quantitative estimate of drug-likeness (QED) is 0.866. The lowest BCUT2D eigenvalue weighted by molar-refractivity contribution is -0.125. The first-order chi connectivity index (χ1) is 10.9. The highest BCUT2D eigenvalue weighted by Gasteiger charge is 2.49. The molecule has 4 nitrogen and oxygen atoms in total. The first kappa shape index (κ1) is 16.9. The third kappa shape index (κ3) is 3.95. The van der Waals surface area contributed by atoms with Crippen molar-refractivity contribution in [2.45, 2.75) is 45.4 Å². The van der Waals surface area contributed by atoms with Gasteiger partial charge >= 0.3 is 0 Å². The predicted molar refractivity (Wildman–Crippen MR) is 92.0 cm³/mol. The van der Waals surface area contributed by atoms with Gasteiger partial charge in [0.05, 0.1) is 24.2 Å². The molecule has 0 bridgehead atoms. The Morgan fingerprint density at radius 1 is 1.26 bits per heavy atom. The predicted octanol–water partition coefficient (Wildman–Crippen LogP) is 2.39. The molecule has 3 rings (SSSR count). The lowest BCUT2D eigenvalue weighted by atomic mass is 9.64. The Morgan fingerprint density at radius 2 is 2.00 bits per heavy atom. The summed E-state index contributed by atoms with van der Waals surface area (Å²) in [6.45, 7) is 5.92. The molecule has 0 spiro atoms. The minimum Gasteiger partial charge on any atom is -0.373 e. The Bertz CT molecular complexity index is 627. The van der Waals surface area contributed by atoms with Crippen LogP contribution in [0.3, 0.4) is 0 Å². The van der Waals surface area contributed by atoms with Crippen molar-refractivity contribution in [2.24, 2.45) is 11.3 Å². The maximum Gasteiger partial charge on any atom is 0.150 e. The molecule has 1 aromatic carbocycles. The lowest BCUT2D eigenvalue weighted by Crippen LogP contribution is -2.61. The van der Waals surface area contributed by atoms with Crippen LogP contribution in [-0.4, -0.2) is 38.6 Å². The van der Waals surface area contributed by atoms with Crippen LogP contribution < -0.4 is 5.32 Å². The maximum atomic E-state index is 11.5. The molecular formula is C18H27NO3S. The fourth-order valence-electron chi connectivity index (χ4n) is 3.63. The molecule has 2 aliphatic rings. The molecule has 1 aliphatic heterocycles. The van der Waals surface area contributed by atoms with Gasteiger partial charge in [-0.25, -0.2) is 8.42 Å². The molecule has 0 amide bonds. The van der Waals surface area contributed by atoms with Crippen molar-refractivity contribution in [3.05, 3.63) is 35.9 Å². The van der Waals surface area contributed by atoms with E-state index in [-0.39, 0.29) is 17.4 Å². The zero-order valence-corrected chi connectivity index (χ0v) is 14.8. The van der Waals surface area contributed by atoms with Crippen molar-refractivity contribution in [1.82, 2.24) is 5.32 Å². The Balaban J connectivity index is 1.43. The average Bonchev–Trinajstić information content (AvgIpc) is 2.86. The fourth-order valence-corrected chi connectivity index (χ4v) is 5.49. The summed E-state index contributed by atoms with van der Waals surface area (Å²) in [5.41, 5.74) is 1.29. The summed E-state index contributed by atoms with van der Waals surface area (Å²) in [5.74, 6) is 0.984. The normalized spacial score (nSPS) is 31.7. The van der Waals surface area contributed by atoms with Crippen molar-refractivity contribution in [3.8, 4) is 0 Å². The Kier molecular flexibility index (Phi) is 4.81. The first-order valence-corrected chi connectivity index (χ1v) is 10.3. The van der Waals surface area contributed by atoms with E-state index in [4.69, 9.17) is 4.74 Å². The molecule has 2 fully saturated rings. The molecule has 0 radical (unpaired) electrons. The molecule has 1 aliphatic carbocycles. The van der Waals surface area contributed by atoms with E-state index in [9.17, 15) is 8.42 Å². The Morgan fingerprint density at radius 3 is 2.61 bits per heavy atom.